The molecule has 3 aliphatic rings. The number of hydrogen-bond acceptors (Lipinski definition) is 2. The van der Waals surface area contributed by atoms with E-state index < -0.39 is 10.0 Å². The van der Waals surface area contributed by atoms with Crippen LogP contribution in [-0.4, -0.2) is 11.3 Å². The molecule has 0 spiro atoms. The Bertz CT molecular complexity index is 3160. The lowest BCUT2D eigenvalue weighted by atomic mass is 9.45. The van der Waals surface area contributed by atoms with E-state index in [-0.39, 0.29) is 6.85 Å². The van der Waals surface area contributed by atoms with Crippen LogP contribution in [0.4, 0.5) is 17.1 Å². The minimum Gasteiger partial charge on any atom is -0.375 e. The molecule has 5 heteroatoms. The monoisotopic (exact) mass is 708 g/mol. The molecule has 3 aliphatic heterocycles. The maximum absolute atomic E-state index is 2.70. The number of hydrogen-bond donors (Lipinski definition) is 0. The van der Waals surface area contributed by atoms with Crippen LogP contribution in [0.3, 0.4) is 0 Å². The van der Waals surface area contributed by atoms with Gasteiger partial charge in [-0.15, -0.1) is 21.4 Å². The van der Waals surface area contributed by atoms with Crippen molar-refractivity contribution in [2.45, 2.75) is 19.6 Å². The average Bonchev–Trinajstić information content (AvgIpc) is 3.77. The van der Waals surface area contributed by atoms with E-state index in [0.29, 0.717) is 0 Å². The largest absolute Gasteiger partial charge is 0.375 e. The van der Waals surface area contributed by atoms with Gasteiger partial charge >= 0.3 is 6.85 Å². The third-order valence-electron chi connectivity index (χ3n) is 12.0. The van der Waals surface area contributed by atoms with Gasteiger partial charge in [0, 0.05) is 62.4 Å². The number of thiophene rings is 1. The van der Waals surface area contributed by atoms with E-state index in [4.69, 9.17) is 0 Å². The van der Waals surface area contributed by atoms with Gasteiger partial charge in [-0.3, -0.25) is 0 Å². The first kappa shape index (κ1) is 28.6. The second kappa shape index (κ2) is 10.1. The number of aromatic nitrogens is 1. The Kier molecular flexibility index (Phi) is 5.45. The summed E-state index contributed by atoms with van der Waals surface area (Å²) in [4.78, 5) is 8.21. The highest BCUT2D eigenvalue weighted by Crippen LogP contribution is 2.79. The Labute approximate surface area is 312 Å². The molecular formula is C48H29BN2S2. The van der Waals surface area contributed by atoms with E-state index in [0.717, 1.165) is 0 Å². The number of para-hydroxylation sites is 4. The first-order chi connectivity index (χ1) is 26.3. The van der Waals surface area contributed by atoms with Crippen molar-refractivity contribution >= 4 is 98.2 Å². The van der Waals surface area contributed by atoms with Crippen LogP contribution in [0.5, 0.6) is 0 Å². The minimum absolute atomic E-state index is 0.00650. The maximum Gasteiger partial charge on any atom is 0.333 e. The van der Waals surface area contributed by atoms with Crippen molar-refractivity contribution in [3.05, 3.63) is 176 Å². The lowest BCUT2D eigenvalue weighted by molar-refractivity contribution is 1.12. The molecule has 0 radical (unpaired) electrons. The number of anilines is 3. The summed E-state index contributed by atoms with van der Waals surface area (Å²) in [6.07, 6.45) is 0. The molecular weight excluding hydrogens is 679 g/mol. The SMILES string of the molecule is c1ccc(S2(c3ccccc3)c3ccccc3N3c4c(cccc42)B2c4c(cc5c(sc6ccccc65)c43)-c3cccc4c5ccccc5n2c34)cc1. The molecule has 0 saturated carbocycles. The quantitative estimate of drug-likeness (QED) is 0.162. The highest BCUT2D eigenvalue weighted by molar-refractivity contribution is 8.34. The van der Waals surface area contributed by atoms with Gasteiger partial charge in [-0.25, -0.2) is 0 Å². The van der Waals surface area contributed by atoms with Crippen LogP contribution >= 0.6 is 21.4 Å². The molecule has 13 rings (SSSR count). The average molecular weight is 709 g/mol. The van der Waals surface area contributed by atoms with Crippen LogP contribution < -0.4 is 15.8 Å². The summed E-state index contributed by atoms with van der Waals surface area (Å²) in [5, 5.41) is 5.32. The fraction of sp³-hybridized carbons (Fsp3) is 0. The van der Waals surface area contributed by atoms with Crippen molar-refractivity contribution < 1.29 is 0 Å². The van der Waals surface area contributed by atoms with Crippen LogP contribution in [0.1, 0.15) is 0 Å². The Balaban J connectivity index is 1.29. The summed E-state index contributed by atoms with van der Waals surface area (Å²) in [6.45, 7) is 0.00650. The number of fused-ring (bicyclic) bond motifs is 13. The van der Waals surface area contributed by atoms with E-state index in [1.165, 1.54) is 101 Å². The molecule has 0 saturated heterocycles. The van der Waals surface area contributed by atoms with Gasteiger partial charge in [0.25, 0.3) is 0 Å². The fourth-order valence-electron chi connectivity index (χ4n) is 10.1. The number of nitrogens with zero attached hydrogens (tertiary/aromatic N) is 2. The van der Waals surface area contributed by atoms with Gasteiger partial charge in [-0.05, 0) is 77.2 Å². The van der Waals surface area contributed by atoms with Gasteiger partial charge in [0.05, 0.1) is 21.8 Å². The predicted octanol–water partition coefficient (Wildman–Crippen LogP) is 12.2. The van der Waals surface area contributed by atoms with Gasteiger partial charge in [-0.2, -0.15) is 0 Å². The van der Waals surface area contributed by atoms with E-state index >= 15 is 0 Å². The Hall–Kier alpha value is -6.01. The molecule has 246 valence electrons. The van der Waals surface area contributed by atoms with Crippen LogP contribution in [0, 0.1) is 0 Å². The molecule has 8 aromatic carbocycles. The maximum atomic E-state index is 2.70. The fourth-order valence-corrected chi connectivity index (χ4v) is 15.5. The Morgan fingerprint density at radius 1 is 0.491 bits per heavy atom. The van der Waals surface area contributed by atoms with Crippen LogP contribution in [0.15, 0.2) is 196 Å². The summed E-state index contributed by atoms with van der Waals surface area (Å²) in [7, 11) is -1.90. The van der Waals surface area contributed by atoms with E-state index in [1.54, 1.807) is 0 Å². The summed E-state index contributed by atoms with van der Waals surface area (Å²) in [5.74, 6) is 0. The summed E-state index contributed by atoms with van der Waals surface area (Å²) in [6, 6.07) is 66.7. The summed E-state index contributed by atoms with van der Waals surface area (Å²) >= 11 is 1.95. The molecule has 2 nitrogen and oxygen atoms in total. The van der Waals surface area contributed by atoms with Crippen molar-refractivity contribution in [1.29, 1.82) is 0 Å². The lowest BCUT2D eigenvalue weighted by Crippen LogP contribution is -2.57. The Morgan fingerprint density at radius 2 is 1.15 bits per heavy atom. The van der Waals surface area contributed by atoms with Crippen molar-refractivity contribution in [2.75, 3.05) is 4.90 Å². The van der Waals surface area contributed by atoms with Gasteiger partial charge in [-0.1, -0.05) is 115 Å². The van der Waals surface area contributed by atoms with Gasteiger partial charge in [0.1, 0.15) is 0 Å². The molecule has 0 bridgehead atoms. The normalized spacial score (nSPS) is 15.1. The van der Waals surface area contributed by atoms with Gasteiger partial charge < -0.3 is 9.38 Å². The van der Waals surface area contributed by atoms with Crippen molar-refractivity contribution in [3.8, 4) is 11.1 Å². The topological polar surface area (TPSA) is 8.17 Å². The molecule has 0 N–H and O–H groups in total. The zero-order chi connectivity index (χ0) is 34.4. The van der Waals surface area contributed by atoms with Crippen molar-refractivity contribution in [2.24, 2.45) is 0 Å². The Morgan fingerprint density at radius 3 is 1.98 bits per heavy atom. The van der Waals surface area contributed by atoms with Crippen molar-refractivity contribution in [1.82, 2.24) is 4.48 Å². The molecule has 0 unspecified atom stereocenters. The molecule has 10 aromatic rings. The van der Waals surface area contributed by atoms with Crippen LogP contribution in [0.25, 0.3) is 53.1 Å². The van der Waals surface area contributed by atoms with E-state index in [2.05, 4.69) is 185 Å². The van der Waals surface area contributed by atoms with Crippen LogP contribution in [-0.2, 0) is 0 Å². The lowest BCUT2D eigenvalue weighted by Gasteiger charge is -2.53. The van der Waals surface area contributed by atoms with E-state index in [1.807, 2.05) is 11.3 Å². The number of benzene rings is 8. The third kappa shape index (κ3) is 3.35. The van der Waals surface area contributed by atoms with Gasteiger partial charge in [0.15, 0.2) is 0 Å². The summed E-state index contributed by atoms with van der Waals surface area (Å²) in [5.41, 5.74) is 12.0. The molecule has 53 heavy (non-hydrogen) atoms. The molecule has 0 aliphatic carbocycles. The molecule has 0 atom stereocenters. The first-order valence-corrected chi connectivity index (χ1v) is 20.7. The van der Waals surface area contributed by atoms with Gasteiger partial charge in [0.2, 0.25) is 0 Å². The zero-order valence-electron chi connectivity index (χ0n) is 28.5. The third-order valence-corrected chi connectivity index (χ3v) is 17.1. The second-order valence-corrected chi connectivity index (χ2v) is 18.5. The smallest absolute Gasteiger partial charge is 0.333 e. The van der Waals surface area contributed by atoms with Crippen LogP contribution in [0.2, 0.25) is 0 Å². The summed E-state index contributed by atoms with van der Waals surface area (Å²) < 4.78 is 5.39. The van der Waals surface area contributed by atoms with E-state index in [9.17, 15) is 0 Å². The molecule has 5 heterocycles. The standard InChI is InChI=1S/C48H29BN2S2/c1-3-15-30(16-4-1)53(31-17-5-2-6-18-31)42-27-12-10-25-40(42)50-46-38(23-14-28-43(46)53)49-44-36(29-37-33-20-8-11-26-41(33)52-48(37)47(44)50)35-22-13-21-34-32-19-7-9-24-39(32)51(49)45(34)35/h1-29H. The zero-order valence-corrected chi connectivity index (χ0v) is 30.2. The molecule has 0 amide bonds. The highest BCUT2D eigenvalue weighted by atomic mass is 32.3. The van der Waals surface area contributed by atoms with Crippen molar-refractivity contribution in [3.63, 3.8) is 0 Å². The predicted molar refractivity (Wildman–Crippen MR) is 226 cm³/mol. The number of rotatable bonds is 2. The minimum atomic E-state index is -1.90. The second-order valence-electron chi connectivity index (χ2n) is 14.4. The molecule has 0 fully saturated rings. The first-order valence-electron chi connectivity index (χ1n) is 18.3. The highest BCUT2D eigenvalue weighted by Gasteiger charge is 2.50. The molecule has 2 aromatic heterocycles.